The highest BCUT2D eigenvalue weighted by atomic mass is 16.7. The van der Waals surface area contributed by atoms with Crippen molar-refractivity contribution >= 4 is 5.91 Å². The van der Waals surface area contributed by atoms with E-state index in [2.05, 4.69) is 5.32 Å². The standard InChI is InChI=1S/C23H29NO7/c1-13-11-15(14-5-3-6-16(12-14)22(29)24-2)8-9-17(13)30-23-21(28)20(27)19(26)18(31-23)7-4-10-25/h3,5-6,8-9,11-12,18-21,23,25-28H,4,7,10H2,1-2H3,(H,24,29)/t18-,19-,20+,21+,23+/m1/s1. The summed E-state index contributed by atoms with van der Waals surface area (Å²) >= 11 is 0. The van der Waals surface area contributed by atoms with Crippen molar-refractivity contribution in [3.63, 3.8) is 0 Å². The van der Waals surface area contributed by atoms with E-state index in [-0.39, 0.29) is 12.5 Å². The third-order valence-corrected chi connectivity index (χ3v) is 5.42. The van der Waals surface area contributed by atoms with Gasteiger partial charge in [-0.3, -0.25) is 4.79 Å². The number of carbonyl (C=O) groups is 1. The molecule has 1 amide bonds. The lowest BCUT2D eigenvalue weighted by atomic mass is 9.96. The first-order valence-electron chi connectivity index (χ1n) is 10.3. The molecule has 168 valence electrons. The SMILES string of the molecule is CNC(=O)c1cccc(-c2ccc(O[C@H]3O[C@H](CCCO)[C@@H](O)[C@H](O)[C@@H]3O)c(C)c2)c1. The van der Waals surface area contributed by atoms with E-state index in [0.29, 0.717) is 24.2 Å². The molecule has 8 heteroatoms. The van der Waals surface area contributed by atoms with Gasteiger partial charge in [-0.1, -0.05) is 18.2 Å². The van der Waals surface area contributed by atoms with Crippen LogP contribution in [0.25, 0.3) is 11.1 Å². The Morgan fingerprint density at radius 1 is 1.06 bits per heavy atom. The van der Waals surface area contributed by atoms with Crippen molar-refractivity contribution in [1.29, 1.82) is 0 Å². The number of hydrogen-bond acceptors (Lipinski definition) is 7. The maximum atomic E-state index is 11.9. The Balaban J connectivity index is 1.78. The molecule has 0 unspecified atom stereocenters. The van der Waals surface area contributed by atoms with E-state index in [1.165, 1.54) is 0 Å². The second-order valence-corrected chi connectivity index (χ2v) is 7.64. The Kier molecular flexibility index (Phi) is 7.64. The number of hydrogen-bond donors (Lipinski definition) is 5. The van der Waals surface area contributed by atoms with Crippen molar-refractivity contribution in [2.24, 2.45) is 0 Å². The molecule has 0 saturated carbocycles. The van der Waals surface area contributed by atoms with Crippen LogP contribution in [0, 0.1) is 6.92 Å². The molecule has 0 aromatic heterocycles. The van der Waals surface area contributed by atoms with Crippen LogP contribution in [0.4, 0.5) is 0 Å². The number of rotatable bonds is 7. The maximum Gasteiger partial charge on any atom is 0.251 e. The third-order valence-electron chi connectivity index (χ3n) is 5.42. The molecule has 31 heavy (non-hydrogen) atoms. The number of nitrogens with one attached hydrogen (secondary N) is 1. The first kappa shape index (κ1) is 23.2. The normalized spacial score (nSPS) is 25.8. The van der Waals surface area contributed by atoms with Crippen LogP contribution in [0.2, 0.25) is 0 Å². The number of benzene rings is 2. The molecule has 3 rings (SSSR count). The van der Waals surface area contributed by atoms with E-state index in [1.54, 1.807) is 25.2 Å². The van der Waals surface area contributed by atoms with Crippen LogP contribution in [0.3, 0.4) is 0 Å². The summed E-state index contributed by atoms with van der Waals surface area (Å²) in [5.41, 5.74) is 3.08. The lowest BCUT2D eigenvalue weighted by Gasteiger charge is -2.40. The number of aliphatic hydroxyl groups is 4. The minimum Gasteiger partial charge on any atom is -0.462 e. The van der Waals surface area contributed by atoms with Gasteiger partial charge in [0.1, 0.15) is 24.1 Å². The molecule has 1 aliphatic rings. The predicted molar refractivity (Wildman–Crippen MR) is 114 cm³/mol. The highest BCUT2D eigenvalue weighted by molar-refractivity contribution is 5.95. The molecule has 1 heterocycles. The molecule has 1 fully saturated rings. The van der Waals surface area contributed by atoms with E-state index in [1.807, 2.05) is 31.2 Å². The molecule has 1 saturated heterocycles. The van der Waals surface area contributed by atoms with Crippen molar-refractivity contribution in [3.05, 3.63) is 53.6 Å². The van der Waals surface area contributed by atoms with Gasteiger partial charge in [0.05, 0.1) is 6.10 Å². The molecular formula is C23H29NO7. The largest absolute Gasteiger partial charge is 0.462 e. The fourth-order valence-corrected chi connectivity index (χ4v) is 3.62. The monoisotopic (exact) mass is 431 g/mol. The quantitative estimate of drug-likeness (QED) is 0.442. The van der Waals surface area contributed by atoms with Crippen LogP contribution in [-0.2, 0) is 4.74 Å². The molecule has 8 nitrogen and oxygen atoms in total. The van der Waals surface area contributed by atoms with Gasteiger partial charge in [0.2, 0.25) is 6.29 Å². The van der Waals surface area contributed by atoms with E-state index < -0.39 is 30.7 Å². The fourth-order valence-electron chi connectivity index (χ4n) is 3.62. The summed E-state index contributed by atoms with van der Waals surface area (Å²) in [5.74, 6) is 0.290. The van der Waals surface area contributed by atoms with Crippen LogP contribution < -0.4 is 10.1 Å². The summed E-state index contributed by atoms with van der Waals surface area (Å²) < 4.78 is 11.5. The van der Waals surface area contributed by atoms with Crippen LogP contribution in [0.1, 0.15) is 28.8 Å². The topological polar surface area (TPSA) is 128 Å². The second-order valence-electron chi connectivity index (χ2n) is 7.64. The number of aliphatic hydroxyl groups excluding tert-OH is 4. The average molecular weight is 431 g/mol. The zero-order valence-corrected chi connectivity index (χ0v) is 17.6. The number of carbonyl (C=O) groups excluding carboxylic acids is 1. The van der Waals surface area contributed by atoms with Gasteiger partial charge in [-0.05, 0) is 60.7 Å². The van der Waals surface area contributed by atoms with Crippen molar-refractivity contribution in [2.45, 2.75) is 50.5 Å². The summed E-state index contributed by atoms with van der Waals surface area (Å²) in [6.45, 7) is 1.77. The van der Waals surface area contributed by atoms with E-state index >= 15 is 0 Å². The number of amides is 1. The fraction of sp³-hybridized carbons (Fsp3) is 0.435. The van der Waals surface area contributed by atoms with Gasteiger partial charge in [0.25, 0.3) is 5.91 Å². The van der Waals surface area contributed by atoms with Crippen LogP contribution in [0.5, 0.6) is 5.75 Å². The lowest BCUT2D eigenvalue weighted by molar-refractivity contribution is -0.273. The van der Waals surface area contributed by atoms with Gasteiger partial charge in [-0.2, -0.15) is 0 Å². The highest BCUT2D eigenvalue weighted by Gasteiger charge is 2.44. The van der Waals surface area contributed by atoms with E-state index in [9.17, 15) is 20.1 Å². The molecule has 2 aromatic carbocycles. The minimum absolute atomic E-state index is 0.0710. The van der Waals surface area contributed by atoms with E-state index in [4.69, 9.17) is 14.6 Å². The Morgan fingerprint density at radius 2 is 1.81 bits per heavy atom. The van der Waals surface area contributed by atoms with Crippen LogP contribution >= 0.6 is 0 Å². The molecule has 0 radical (unpaired) electrons. The molecule has 0 bridgehead atoms. The molecule has 5 atom stereocenters. The van der Waals surface area contributed by atoms with Crippen molar-refractivity contribution < 1.29 is 34.7 Å². The summed E-state index contributed by atoms with van der Waals surface area (Å²) in [4.78, 5) is 11.9. The van der Waals surface area contributed by atoms with Crippen molar-refractivity contribution in [1.82, 2.24) is 5.32 Å². The Labute approximate surface area is 181 Å². The van der Waals surface area contributed by atoms with Gasteiger partial charge in [0, 0.05) is 19.2 Å². The molecule has 2 aromatic rings. The number of ether oxygens (including phenoxy) is 2. The van der Waals surface area contributed by atoms with Gasteiger partial charge in [-0.15, -0.1) is 0 Å². The molecule has 5 N–H and O–H groups in total. The van der Waals surface area contributed by atoms with Gasteiger partial charge in [0.15, 0.2) is 0 Å². The van der Waals surface area contributed by atoms with Crippen LogP contribution in [0.15, 0.2) is 42.5 Å². The highest BCUT2D eigenvalue weighted by Crippen LogP contribution is 2.31. The molecular weight excluding hydrogens is 402 g/mol. The van der Waals surface area contributed by atoms with Crippen molar-refractivity contribution in [3.8, 4) is 16.9 Å². The van der Waals surface area contributed by atoms with Gasteiger partial charge >= 0.3 is 0 Å². The second kappa shape index (κ2) is 10.2. The van der Waals surface area contributed by atoms with Crippen molar-refractivity contribution in [2.75, 3.05) is 13.7 Å². The Hall–Kier alpha value is -2.49. The van der Waals surface area contributed by atoms with E-state index in [0.717, 1.165) is 16.7 Å². The zero-order chi connectivity index (χ0) is 22.5. The maximum absolute atomic E-state index is 11.9. The summed E-state index contributed by atoms with van der Waals surface area (Å²) in [6, 6.07) is 12.7. The number of aryl methyl sites for hydroxylation is 1. The Bertz CT molecular complexity index is 903. The lowest BCUT2D eigenvalue weighted by Crippen LogP contribution is -2.59. The van der Waals surface area contributed by atoms with Crippen LogP contribution in [-0.4, -0.2) is 70.7 Å². The smallest absolute Gasteiger partial charge is 0.251 e. The molecule has 1 aliphatic heterocycles. The summed E-state index contributed by atoms with van der Waals surface area (Å²) in [5, 5.41) is 42.2. The first-order chi connectivity index (χ1) is 14.8. The third kappa shape index (κ3) is 5.23. The first-order valence-corrected chi connectivity index (χ1v) is 10.3. The predicted octanol–water partition coefficient (Wildman–Crippen LogP) is 0.981. The Morgan fingerprint density at radius 3 is 2.48 bits per heavy atom. The minimum atomic E-state index is -1.43. The van der Waals surface area contributed by atoms with Gasteiger partial charge in [-0.25, -0.2) is 0 Å². The zero-order valence-electron chi connectivity index (χ0n) is 17.6. The summed E-state index contributed by atoms with van der Waals surface area (Å²) in [6.07, 6.45) is -5.33. The molecule has 0 spiro atoms. The summed E-state index contributed by atoms with van der Waals surface area (Å²) in [7, 11) is 1.58. The van der Waals surface area contributed by atoms with Gasteiger partial charge < -0.3 is 35.2 Å². The molecule has 0 aliphatic carbocycles. The average Bonchev–Trinajstić information content (AvgIpc) is 2.79.